The molecule has 0 aliphatic carbocycles. The van der Waals surface area contributed by atoms with Crippen molar-refractivity contribution < 1.29 is 14.3 Å². The van der Waals surface area contributed by atoms with Crippen LogP contribution in [0.2, 0.25) is 0 Å². The Kier molecular flexibility index (Phi) is 8.84. The van der Waals surface area contributed by atoms with Crippen LogP contribution in [-0.2, 0) is 14.3 Å². The number of ether oxygens (including phenoxy) is 1. The highest BCUT2D eigenvalue weighted by Gasteiger charge is 2.38. The number of esters is 1. The predicted octanol–water partition coefficient (Wildman–Crippen LogP) is 4.75. The molecule has 1 aliphatic heterocycles. The number of carbonyl (C=O) groups is 2. The second-order valence-corrected chi connectivity index (χ2v) is 8.79. The zero-order valence-corrected chi connectivity index (χ0v) is 18.8. The number of halogens is 1. The van der Waals surface area contributed by atoms with E-state index in [9.17, 15) is 19.4 Å². The molecule has 0 aromatic carbocycles. The molecule has 0 bridgehead atoms. The zero-order valence-electron chi connectivity index (χ0n) is 16.7. The molecule has 28 heavy (non-hydrogen) atoms. The first-order valence-corrected chi connectivity index (χ1v) is 10.3. The lowest BCUT2D eigenvalue weighted by Crippen LogP contribution is -2.37. The molecule has 7 nitrogen and oxygen atoms in total. The van der Waals surface area contributed by atoms with Crippen molar-refractivity contribution in [2.45, 2.75) is 50.3 Å². The van der Waals surface area contributed by atoms with Crippen LogP contribution < -0.4 is 0 Å². The van der Waals surface area contributed by atoms with E-state index in [0.717, 1.165) is 0 Å². The summed E-state index contributed by atoms with van der Waals surface area (Å²) in [5, 5.41) is 6.18. The maximum absolute atomic E-state index is 12.8. The van der Waals surface area contributed by atoms with E-state index in [1.807, 2.05) is 22.6 Å². The smallest absolute Gasteiger partial charge is 0.336 e. The highest BCUT2D eigenvalue weighted by atomic mass is 127. The van der Waals surface area contributed by atoms with Gasteiger partial charge in [0.15, 0.2) is 9.89 Å². The molecule has 0 aromatic heterocycles. The normalized spacial score (nSPS) is 36.5. The summed E-state index contributed by atoms with van der Waals surface area (Å²) in [7, 11) is 0. The lowest BCUT2D eigenvalue weighted by molar-refractivity contribution is -0.141. The third-order valence-electron chi connectivity index (χ3n) is 5.49. The van der Waals surface area contributed by atoms with Crippen LogP contribution in [0.15, 0.2) is 46.8 Å². The van der Waals surface area contributed by atoms with Crippen LogP contribution in [0.4, 0.5) is 0 Å². The summed E-state index contributed by atoms with van der Waals surface area (Å²) in [4.78, 5) is 48.2. The van der Waals surface area contributed by atoms with Gasteiger partial charge in [0, 0.05) is 23.3 Å². The summed E-state index contributed by atoms with van der Waals surface area (Å²) >= 11 is 1.92. The fraction of sp³-hybridized carbons (Fsp3) is 0.600. The number of alkyl halides is 1. The molecule has 1 fully saturated rings. The number of Topliss-reactive ketones (excluding diaryl/α,β-unsaturated/α-hetero) is 1. The van der Waals surface area contributed by atoms with Gasteiger partial charge in [-0.05, 0) is 40.5 Å². The quantitative estimate of drug-likeness (QED) is 0.178. The standard InChI is InChI=1S/C20H27IN2O5/c1-9-8-10(2)18(24)12(4)11(3)13(5)19(21)28-20(25)15(7)17(23-27)14(6)16(9)22-26/h9-10,13-14,16-17,19H,3-4,7-8H2,1-2,5-6H3/t9-,10+,13+,14+,16-,17-,19-/m0/s1. The number of ketones is 1. The van der Waals surface area contributed by atoms with Crippen molar-refractivity contribution in [1.82, 2.24) is 0 Å². The Balaban J connectivity index is 3.38. The number of cyclic esters (lactones) is 1. The van der Waals surface area contributed by atoms with Gasteiger partial charge in [-0.2, -0.15) is 9.81 Å². The van der Waals surface area contributed by atoms with Gasteiger partial charge in [0.1, 0.15) is 6.04 Å². The average Bonchev–Trinajstić information content (AvgIpc) is 2.65. The lowest BCUT2D eigenvalue weighted by atomic mass is 9.78. The first kappa shape index (κ1) is 24.3. The first-order valence-electron chi connectivity index (χ1n) is 9.08. The van der Waals surface area contributed by atoms with Gasteiger partial charge in [-0.1, -0.05) is 57.8 Å². The Morgan fingerprint density at radius 3 is 2.07 bits per heavy atom. The van der Waals surface area contributed by atoms with Gasteiger partial charge >= 0.3 is 5.97 Å². The molecular formula is C20H27IN2O5. The van der Waals surface area contributed by atoms with Crippen molar-refractivity contribution in [3.63, 3.8) is 0 Å². The molecule has 154 valence electrons. The van der Waals surface area contributed by atoms with E-state index >= 15 is 0 Å². The number of allylic oxidation sites excluding steroid dienone is 1. The van der Waals surface area contributed by atoms with E-state index in [4.69, 9.17) is 4.74 Å². The molecule has 0 amide bonds. The van der Waals surface area contributed by atoms with Crippen LogP contribution in [0.1, 0.15) is 34.1 Å². The van der Waals surface area contributed by atoms with Crippen molar-refractivity contribution in [2.75, 3.05) is 0 Å². The van der Waals surface area contributed by atoms with Crippen molar-refractivity contribution >= 4 is 34.3 Å². The molecule has 7 atom stereocenters. The number of hydrogen-bond acceptors (Lipinski definition) is 7. The maximum atomic E-state index is 12.8. The number of hydrogen-bond donors (Lipinski definition) is 0. The number of rotatable bonds is 2. The Labute approximate surface area is 179 Å². The monoisotopic (exact) mass is 502 g/mol. The Hall–Kier alpha value is -1.71. The summed E-state index contributed by atoms with van der Waals surface area (Å²) in [5.41, 5.74) is 0.627. The van der Waals surface area contributed by atoms with Crippen LogP contribution in [0.5, 0.6) is 0 Å². The minimum Gasteiger partial charge on any atom is -0.448 e. The van der Waals surface area contributed by atoms with E-state index in [0.29, 0.717) is 12.0 Å². The third kappa shape index (κ3) is 5.21. The fourth-order valence-electron chi connectivity index (χ4n) is 3.48. The van der Waals surface area contributed by atoms with E-state index in [2.05, 4.69) is 30.1 Å². The molecule has 1 rings (SSSR count). The van der Waals surface area contributed by atoms with E-state index in [1.165, 1.54) is 0 Å². The molecular weight excluding hydrogens is 475 g/mol. The van der Waals surface area contributed by atoms with Crippen LogP contribution in [0.3, 0.4) is 0 Å². The summed E-state index contributed by atoms with van der Waals surface area (Å²) < 4.78 is 4.75. The van der Waals surface area contributed by atoms with Crippen molar-refractivity contribution in [2.24, 2.45) is 34.0 Å². The number of carbonyl (C=O) groups excluding carboxylic acids is 2. The van der Waals surface area contributed by atoms with Crippen LogP contribution >= 0.6 is 22.6 Å². The van der Waals surface area contributed by atoms with Crippen molar-refractivity contribution in [1.29, 1.82) is 0 Å². The minimum absolute atomic E-state index is 0.122. The van der Waals surface area contributed by atoms with E-state index in [1.54, 1.807) is 27.7 Å². The van der Waals surface area contributed by atoms with Crippen LogP contribution in [0.25, 0.3) is 0 Å². The van der Waals surface area contributed by atoms with E-state index in [-0.39, 0.29) is 28.8 Å². The SMILES string of the molecule is C=C1C(=C)[C@@H](C)[C@@H](I)OC(=O)C(=C)[C@@H](N=O)[C@H](C)[C@@H](N=O)[C@@H](C)C[C@@H](C)C1=O. The second kappa shape index (κ2) is 10.2. The van der Waals surface area contributed by atoms with Gasteiger partial charge in [0.25, 0.3) is 0 Å². The lowest BCUT2D eigenvalue weighted by Gasteiger charge is -2.30. The highest BCUT2D eigenvalue weighted by Crippen LogP contribution is 2.34. The molecule has 0 radical (unpaired) electrons. The van der Waals surface area contributed by atoms with Crippen molar-refractivity contribution in [3.8, 4) is 0 Å². The fourth-order valence-corrected chi connectivity index (χ4v) is 4.14. The Morgan fingerprint density at radius 2 is 1.57 bits per heavy atom. The second-order valence-electron chi connectivity index (χ2n) is 7.56. The number of nitrogens with zero attached hydrogens (tertiary/aromatic N) is 2. The van der Waals surface area contributed by atoms with Gasteiger partial charge < -0.3 is 4.74 Å². The molecule has 8 heteroatoms. The molecule has 0 spiro atoms. The summed E-state index contributed by atoms with van der Waals surface area (Å²) in [5.74, 6) is -2.73. The molecule has 0 N–H and O–H groups in total. The molecule has 1 aliphatic rings. The summed E-state index contributed by atoms with van der Waals surface area (Å²) in [6.45, 7) is 18.4. The molecule has 0 unspecified atom stereocenters. The van der Waals surface area contributed by atoms with Crippen LogP contribution in [0, 0.1) is 33.5 Å². The van der Waals surface area contributed by atoms with Gasteiger partial charge in [-0.3, -0.25) is 4.79 Å². The van der Waals surface area contributed by atoms with Gasteiger partial charge in [-0.25, -0.2) is 4.79 Å². The van der Waals surface area contributed by atoms with Crippen molar-refractivity contribution in [3.05, 3.63) is 46.3 Å². The third-order valence-corrected chi connectivity index (χ3v) is 6.83. The predicted molar refractivity (Wildman–Crippen MR) is 117 cm³/mol. The van der Waals surface area contributed by atoms with Gasteiger partial charge in [-0.15, -0.1) is 0 Å². The zero-order chi connectivity index (χ0) is 21.8. The largest absolute Gasteiger partial charge is 0.448 e. The highest BCUT2D eigenvalue weighted by molar-refractivity contribution is 14.1. The topological polar surface area (TPSA) is 102 Å². The molecule has 1 saturated heterocycles. The van der Waals surface area contributed by atoms with Gasteiger partial charge in [0.2, 0.25) is 0 Å². The minimum atomic E-state index is -1.15. The van der Waals surface area contributed by atoms with Gasteiger partial charge in [0.05, 0.1) is 11.6 Å². The Morgan fingerprint density at radius 1 is 1.00 bits per heavy atom. The van der Waals surface area contributed by atoms with E-state index < -0.39 is 34.0 Å². The summed E-state index contributed by atoms with van der Waals surface area (Å²) in [6, 6.07) is -1.97. The average molecular weight is 502 g/mol. The maximum Gasteiger partial charge on any atom is 0.336 e. The first-order chi connectivity index (χ1) is 13.0. The Bertz CT molecular complexity index is 705. The molecule has 0 aromatic rings. The number of nitroso groups, excluding NO2 is 2. The summed E-state index contributed by atoms with van der Waals surface area (Å²) in [6.07, 6.45) is 0.371. The van der Waals surface area contributed by atoms with Crippen LogP contribution in [-0.4, -0.2) is 27.9 Å². The molecule has 1 heterocycles. The molecule has 0 saturated carbocycles.